The van der Waals surface area contributed by atoms with E-state index in [9.17, 15) is 10.1 Å². The second-order valence-corrected chi connectivity index (χ2v) is 3.62. The van der Waals surface area contributed by atoms with Gasteiger partial charge in [-0.05, 0) is 31.5 Å². The van der Waals surface area contributed by atoms with Crippen LogP contribution in [-0.4, -0.2) is 14.7 Å². The summed E-state index contributed by atoms with van der Waals surface area (Å²) in [5.74, 6) is 0. The molecule has 5 heteroatoms. The Morgan fingerprint density at radius 3 is 2.31 bits per heavy atom. The molecule has 2 rings (SSSR count). The number of nitro groups is 1. The highest BCUT2D eigenvalue weighted by atomic mass is 16.6. The van der Waals surface area contributed by atoms with Gasteiger partial charge in [0.25, 0.3) is 5.69 Å². The third-order valence-electron chi connectivity index (χ3n) is 2.47. The van der Waals surface area contributed by atoms with Gasteiger partial charge in [0, 0.05) is 18.3 Å². The van der Waals surface area contributed by atoms with Gasteiger partial charge in [-0.15, -0.1) is 0 Å². The summed E-state index contributed by atoms with van der Waals surface area (Å²) in [7, 11) is 0. The largest absolute Gasteiger partial charge is 0.269 e. The van der Waals surface area contributed by atoms with E-state index in [1.54, 1.807) is 16.8 Å². The Morgan fingerprint density at radius 1 is 1.25 bits per heavy atom. The predicted octanol–water partition coefficient (Wildman–Crippen LogP) is 2.40. The van der Waals surface area contributed by atoms with Gasteiger partial charge in [-0.2, -0.15) is 5.10 Å². The van der Waals surface area contributed by atoms with Crippen molar-refractivity contribution >= 4 is 5.69 Å². The van der Waals surface area contributed by atoms with Crippen LogP contribution in [0.5, 0.6) is 0 Å². The zero-order valence-corrected chi connectivity index (χ0v) is 9.04. The maximum atomic E-state index is 10.5. The first-order valence-corrected chi connectivity index (χ1v) is 4.85. The van der Waals surface area contributed by atoms with Crippen molar-refractivity contribution in [1.29, 1.82) is 0 Å². The lowest BCUT2D eigenvalue weighted by molar-refractivity contribution is -0.384. The lowest BCUT2D eigenvalue weighted by atomic mass is 10.3. The minimum atomic E-state index is -0.413. The maximum Gasteiger partial charge on any atom is 0.269 e. The summed E-state index contributed by atoms with van der Waals surface area (Å²) in [6.45, 7) is 3.90. The molecule has 0 spiro atoms. The smallest absolute Gasteiger partial charge is 0.258 e. The molecule has 0 amide bonds. The summed E-state index contributed by atoms with van der Waals surface area (Å²) in [6, 6.07) is 6.32. The molecule has 0 atom stereocenters. The van der Waals surface area contributed by atoms with Crippen LogP contribution in [0, 0.1) is 24.0 Å². The van der Waals surface area contributed by atoms with Crippen molar-refractivity contribution in [1.82, 2.24) is 9.78 Å². The fourth-order valence-corrected chi connectivity index (χ4v) is 1.41. The average molecular weight is 217 g/mol. The molecular formula is C11H11N3O2. The van der Waals surface area contributed by atoms with Gasteiger partial charge in [-0.3, -0.25) is 10.1 Å². The van der Waals surface area contributed by atoms with Crippen LogP contribution in [0.4, 0.5) is 5.69 Å². The van der Waals surface area contributed by atoms with Gasteiger partial charge in [0.05, 0.1) is 16.3 Å². The molecule has 0 fully saturated rings. The Bertz CT molecular complexity index is 509. The van der Waals surface area contributed by atoms with Crippen molar-refractivity contribution in [3.63, 3.8) is 0 Å². The van der Waals surface area contributed by atoms with Crippen molar-refractivity contribution in [3.05, 3.63) is 51.8 Å². The third kappa shape index (κ3) is 1.79. The lowest BCUT2D eigenvalue weighted by Gasteiger charge is -1.99. The Kier molecular flexibility index (Phi) is 2.44. The molecule has 0 saturated carbocycles. The Balaban J connectivity index is 2.38. The normalized spacial score (nSPS) is 10.4. The van der Waals surface area contributed by atoms with Gasteiger partial charge in [0.15, 0.2) is 0 Å². The van der Waals surface area contributed by atoms with E-state index in [1.807, 2.05) is 20.0 Å². The third-order valence-corrected chi connectivity index (χ3v) is 2.47. The molecule has 16 heavy (non-hydrogen) atoms. The van der Waals surface area contributed by atoms with Crippen LogP contribution >= 0.6 is 0 Å². The highest BCUT2D eigenvalue weighted by molar-refractivity contribution is 5.40. The van der Waals surface area contributed by atoms with Gasteiger partial charge in [-0.1, -0.05) is 0 Å². The molecule has 0 aliphatic rings. The topological polar surface area (TPSA) is 61.0 Å². The molecule has 0 radical (unpaired) electrons. The van der Waals surface area contributed by atoms with Crippen molar-refractivity contribution in [2.75, 3.05) is 0 Å². The van der Waals surface area contributed by atoms with Crippen LogP contribution in [0.25, 0.3) is 5.69 Å². The highest BCUT2D eigenvalue weighted by Crippen LogP contribution is 2.15. The first-order chi connectivity index (χ1) is 7.58. The fourth-order valence-electron chi connectivity index (χ4n) is 1.41. The van der Waals surface area contributed by atoms with Gasteiger partial charge in [0.1, 0.15) is 0 Å². The van der Waals surface area contributed by atoms with E-state index in [4.69, 9.17) is 0 Å². The number of aryl methyl sites for hydroxylation is 2. The molecule has 5 nitrogen and oxygen atoms in total. The second kappa shape index (κ2) is 3.77. The van der Waals surface area contributed by atoms with Crippen molar-refractivity contribution < 1.29 is 4.92 Å². The van der Waals surface area contributed by atoms with E-state index in [2.05, 4.69) is 5.10 Å². The molecule has 1 aromatic heterocycles. The zero-order chi connectivity index (χ0) is 11.7. The Morgan fingerprint density at radius 2 is 1.88 bits per heavy atom. The molecule has 0 aliphatic heterocycles. The van der Waals surface area contributed by atoms with Crippen LogP contribution in [0.1, 0.15) is 11.3 Å². The predicted molar refractivity (Wildman–Crippen MR) is 59.7 cm³/mol. The monoisotopic (exact) mass is 217 g/mol. The van der Waals surface area contributed by atoms with Crippen molar-refractivity contribution in [2.45, 2.75) is 13.8 Å². The summed E-state index contributed by atoms with van der Waals surface area (Å²) >= 11 is 0. The molecule has 0 bridgehead atoms. The van der Waals surface area contributed by atoms with Crippen LogP contribution in [0.3, 0.4) is 0 Å². The second-order valence-electron chi connectivity index (χ2n) is 3.62. The standard InChI is InChI=1S/C11H11N3O2/c1-8-7-13(12-9(8)2)10-3-5-11(6-4-10)14(15)16/h3-7H,1-2H3. The number of non-ortho nitro benzene ring substituents is 1. The molecule has 0 saturated heterocycles. The van der Waals surface area contributed by atoms with Crippen LogP contribution < -0.4 is 0 Å². The van der Waals surface area contributed by atoms with E-state index in [0.29, 0.717) is 0 Å². The number of benzene rings is 1. The van der Waals surface area contributed by atoms with E-state index in [1.165, 1.54) is 12.1 Å². The number of hydrogen-bond donors (Lipinski definition) is 0. The summed E-state index contributed by atoms with van der Waals surface area (Å²) in [4.78, 5) is 10.1. The quantitative estimate of drug-likeness (QED) is 0.573. The summed E-state index contributed by atoms with van der Waals surface area (Å²) < 4.78 is 1.72. The molecule has 82 valence electrons. The maximum absolute atomic E-state index is 10.5. The van der Waals surface area contributed by atoms with Crippen LogP contribution in [0.15, 0.2) is 30.5 Å². The number of aromatic nitrogens is 2. The average Bonchev–Trinajstić information content (AvgIpc) is 2.59. The van der Waals surface area contributed by atoms with E-state index >= 15 is 0 Å². The Labute approximate surface area is 92.5 Å². The van der Waals surface area contributed by atoms with Crippen LogP contribution in [-0.2, 0) is 0 Å². The molecule has 0 unspecified atom stereocenters. The van der Waals surface area contributed by atoms with Gasteiger partial charge >= 0.3 is 0 Å². The molecule has 1 aromatic carbocycles. The summed E-state index contributed by atoms with van der Waals surface area (Å²) in [6.07, 6.45) is 1.90. The summed E-state index contributed by atoms with van der Waals surface area (Å²) in [5.41, 5.74) is 2.96. The van der Waals surface area contributed by atoms with E-state index in [-0.39, 0.29) is 5.69 Å². The van der Waals surface area contributed by atoms with Gasteiger partial charge in [0.2, 0.25) is 0 Å². The highest BCUT2D eigenvalue weighted by Gasteiger charge is 2.06. The number of nitrogens with zero attached hydrogens (tertiary/aromatic N) is 3. The summed E-state index contributed by atoms with van der Waals surface area (Å²) in [5, 5.41) is 14.8. The molecular weight excluding hydrogens is 206 g/mol. The lowest BCUT2D eigenvalue weighted by Crippen LogP contribution is -1.95. The van der Waals surface area contributed by atoms with Crippen molar-refractivity contribution in [2.24, 2.45) is 0 Å². The van der Waals surface area contributed by atoms with Crippen molar-refractivity contribution in [3.8, 4) is 5.69 Å². The molecule has 0 N–H and O–H groups in total. The van der Waals surface area contributed by atoms with E-state index < -0.39 is 4.92 Å². The van der Waals surface area contributed by atoms with Gasteiger partial charge in [-0.25, -0.2) is 4.68 Å². The minimum Gasteiger partial charge on any atom is -0.258 e. The van der Waals surface area contributed by atoms with Gasteiger partial charge < -0.3 is 0 Å². The van der Waals surface area contributed by atoms with Crippen LogP contribution in [0.2, 0.25) is 0 Å². The zero-order valence-electron chi connectivity index (χ0n) is 9.04. The Hall–Kier alpha value is -2.17. The molecule has 1 heterocycles. The minimum absolute atomic E-state index is 0.0874. The fraction of sp³-hybridized carbons (Fsp3) is 0.182. The molecule has 2 aromatic rings. The first kappa shape index (κ1) is 10.4. The number of nitro benzene ring substituents is 1. The SMILES string of the molecule is Cc1cn(-c2ccc([N+](=O)[O-])cc2)nc1C. The number of hydrogen-bond acceptors (Lipinski definition) is 3. The first-order valence-electron chi connectivity index (χ1n) is 4.85. The number of rotatable bonds is 2. The van der Waals surface area contributed by atoms with E-state index in [0.717, 1.165) is 16.9 Å². The molecule has 0 aliphatic carbocycles.